The van der Waals surface area contributed by atoms with E-state index in [1.807, 2.05) is 11.8 Å². The molecular weight excluding hydrogens is 240 g/mol. The third-order valence-corrected chi connectivity index (χ3v) is 5.84. The molecule has 2 fully saturated rings. The van der Waals surface area contributed by atoms with E-state index >= 15 is 0 Å². The van der Waals surface area contributed by atoms with Crippen LogP contribution in [0.4, 0.5) is 0 Å². The molecule has 3 heteroatoms. The van der Waals surface area contributed by atoms with Crippen molar-refractivity contribution in [2.24, 2.45) is 16.8 Å². The maximum Gasteiger partial charge on any atom is 0.157 e. The topological polar surface area (TPSA) is 24.4 Å². The fourth-order valence-electron chi connectivity index (χ4n) is 3.38. The first-order chi connectivity index (χ1) is 8.57. The minimum Gasteiger partial charge on any atom is -0.359 e. The lowest BCUT2D eigenvalue weighted by Gasteiger charge is -2.30. The first kappa shape index (κ1) is 14.2. The molecule has 0 radical (unpaired) electrons. The molecule has 1 heterocycles. The summed E-state index contributed by atoms with van der Waals surface area (Å²) < 4.78 is 0. The number of hydrogen-bond donors (Lipinski definition) is 1. The molecule has 1 saturated heterocycles. The Morgan fingerprint density at radius 2 is 1.78 bits per heavy atom. The van der Waals surface area contributed by atoms with Gasteiger partial charge in [0, 0.05) is 11.3 Å². The van der Waals surface area contributed by atoms with Crippen LogP contribution in [0.1, 0.15) is 59.8 Å². The van der Waals surface area contributed by atoms with E-state index in [9.17, 15) is 0 Å². The summed E-state index contributed by atoms with van der Waals surface area (Å²) in [5.74, 6) is 2.88. The summed E-state index contributed by atoms with van der Waals surface area (Å²) in [4.78, 5) is 5.00. The van der Waals surface area contributed by atoms with Gasteiger partial charge in [0.05, 0.1) is 6.04 Å². The molecule has 0 spiro atoms. The summed E-state index contributed by atoms with van der Waals surface area (Å²) in [5, 5.41) is 4.91. The van der Waals surface area contributed by atoms with Crippen LogP contribution in [0.2, 0.25) is 0 Å². The highest BCUT2D eigenvalue weighted by Crippen LogP contribution is 2.33. The Kier molecular flexibility index (Phi) is 4.63. The molecule has 0 amide bonds. The van der Waals surface area contributed by atoms with Gasteiger partial charge in [-0.3, -0.25) is 4.99 Å². The maximum atomic E-state index is 5.00. The van der Waals surface area contributed by atoms with Crippen molar-refractivity contribution >= 4 is 16.9 Å². The van der Waals surface area contributed by atoms with Gasteiger partial charge in [0.25, 0.3) is 0 Å². The molecule has 2 nitrogen and oxygen atoms in total. The van der Waals surface area contributed by atoms with Gasteiger partial charge < -0.3 is 5.32 Å². The Hall–Kier alpha value is -0.180. The molecule has 1 aliphatic heterocycles. The quantitative estimate of drug-likeness (QED) is 0.834. The fraction of sp³-hybridized carbons (Fsp3) is 0.933. The van der Waals surface area contributed by atoms with Crippen molar-refractivity contribution in [2.45, 2.75) is 71.4 Å². The van der Waals surface area contributed by atoms with E-state index < -0.39 is 0 Å². The molecule has 2 atom stereocenters. The number of hydrogen-bond acceptors (Lipinski definition) is 2. The number of nitrogens with zero attached hydrogens (tertiary/aromatic N) is 1. The summed E-state index contributed by atoms with van der Waals surface area (Å²) >= 11 is 1.93. The van der Waals surface area contributed by atoms with Crippen LogP contribution in [-0.4, -0.2) is 22.5 Å². The smallest absolute Gasteiger partial charge is 0.157 e. The predicted octanol–water partition coefficient (Wildman–Crippen LogP) is 4.06. The van der Waals surface area contributed by atoms with Crippen molar-refractivity contribution in [3.05, 3.63) is 0 Å². The van der Waals surface area contributed by atoms with Crippen molar-refractivity contribution in [3.63, 3.8) is 0 Å². The van der Waals surface area contributed by atoms with Crippen LogP contribution < -0.4 is 5.32 Å². The molecule has 2 rings (SSSR count). The van der Waals surface area contributed by atoms with Crippen LogP contribution in [0, 0.1) is 11.8 Å². The van der Waals surface area contributed by atoms with Gasteiger partial charge >= 0.3 is 0 Å². The zero-order chi connectivity index (χ0) is 13.2. The van der Waals surface area contributed by atoms with Crippen LogP contribution in [0.5, 0.6) is 0 Å². The van der Waals surface area contributed by atoms with E-state index in [4.69, 9.17) is 4.99 Å². The molecule has 18 heavy (non-hydrogen) atoms. The summed E-state index contributed by atoms with van der Waals surface area (Å²) in [6.45, 7) is 9.32. The molecule has 1 aliphatic carbocycles. The largest absolute Gasteiger partial charge is 0.359 e. The van der Waals surface area contributed by atoms with Gasteiger partial charge in [0.1, 0.15) is 0 Å². The van der Waals surface area contributed by atoms with E-state index in [0.717, 1.165) is 11.8 Å². The van der Waals surface area contributed by atoms with E-state index in [-0.39, 0.29) is 0 Å². The first-order valence-corrected chi connectivity index (χ1v) is 8.54. The van der Waals surface area contributed by atoms with Gasteiger partial charge in [0.15, 0.2) is 5.17 Å². The Labute approximate surface area is 116 Å². The standard InChI is InChI=1S/C15H28N2S/c1-5-15(6-2)10-18-14(17-15)16-13-8-11(3)7-12(4)9-13/h11-13H,5-10H2,1-4H3,(H,16,17). The molecule has 104 valence electrons. The average Bonchev–Trinajstić information content (AvgIpc) is 2.72. The number of thioether (sulfide) groups is 1. The summed E-state index contributed by atoms with van der Waals surface area (Å²) in [5.41, 5.74) is 0.315. The third-order valence-electron chi connectivity index (χ3n) is 4.66. The molecule has 0 aromatic heterocycles. The monoisotopic (exact) mass is 268 g/mol. The highest BCUT2D eigenvalue weighted by atomic mass is 32.2. The van der Waals surface area contributed by atoms with Gasteiger partial charge in [-0.05, 0) is 43.9 Å². The van der Waals surface area contributed by atoms with Crippen LogP contribution in [0.3, 0.4) is 0 Å². The highest BCUT2D eigenvalue weighted by molar-refractivity contribution is 8.14. The van der Waals surface area contributed by atoms with Crippen molar-refractivity contribution in [2.75, 3.05) is 5.75 Å². The lowest BCUT2D eigenvalue weighted by atomic mass is 9.81. The van der Waals surface area contributed by atoms with Crippen LogP contribution in [-0.2, 0) is 0 Å². The van der Waals surface area contributed by atoms with Gasteiger partial charge in [-0.2, -0.15) is 0 Å². The fourth-order valence-corrected chi connectivity index (χ4v) is 4.79. The van der Waals surface area contributed by atoms with Crippen molar-refractivity contribution in [1.29, 1.82) is 0 Å². The lowest BCUT2D eigenvalue weighted by molar-refractivity contribution is 0.270. The summed E-state index contributed by atoms with van der Waals surface area (Å²) in [6, 6.07) is 0.559. The summed E-state index contributed by atoms with van der Waals surface area (Å²) in [7, 11) is 0. The molecule has 0 aromatic carbocycles. The van der Waals surface area contributed by atoms with Crippen LogP contribution in [0.25, 0.3) is 0 Å². The zero-order valence-corrected chi connectivity index (χ0v) is 13.1. The number of aliphatic imine (C=N–C) groups is 1. The Morgan fingerprint density at radius 1 is 1.17 bits per heavy atom. The maximum absolute atomic E-state index is 5.00. The number of nitrogens with one attached hydrogen (secondary N) is 1. The van der Waals surface area contributed by atoms with Crippen LogP contribution in [0.15, 0.2) is 4.99 Å². The highest BCUT2D eigenvalue weighted by Gasteiger charge is 2.34. The van der Waals surface area contributed by atoms with Gasteiger partial charge in [0.2, 0.25) is 0 Å². The first-order valence-electron chi connectivity index (χ1n) is 7.55. The molecule has 2 unspecified atom stereocenters. The minimum atomic E-state index is 0.315. The Morgan fingerprint density at radius 3 is 2.28 bits per heavy atom. The zero-order valence-electron chi connectivity index (χ0n) is 12.3. The molecule has 0 aromatic rings. The lowest BCUT2D eigenvalue weighted by Crippen LogP contribution is -2.42. The molecule has 1 saturated carbocycles. The van der Waals surface area contributed by atoms with Crippen molar-refractivity contribution in [3.8, 4) is 0 Å². The van der Waals surface area contributed by atoms with Crippen molar-refractivity contribution < 1.29 is 0 Å². The number of rotatable bonds is 3. The number of amidine groups is 1. The second-order valence-electron chi connectivity index (χ2n) is 6.41. The van der Waals surface area contributed by atoms with Crippen LogP contribution >= 0.6 is 11.8 Å². The van der Waals surface area contributed by atoms with Gasteiger partial charge in [-0.15, -0.1) is 0 Å². The molecule has 1 N–H and O–H groups in total. The minimum absolute atomic E-state index is 0.315. The molecule has 0 bridgehead atoms. The third kappa shape index (κ3) is 3.23. The Bertz CT molecular complexity index is 300. The summed E-state index contributed by atoms with van der Waals surface area (Å²) in [6.07, 6.45) is 6.35. The SMILES string of the molecule is CCC1(CC)CSC(=NC2CC(C)CC(C)C2)N1. The van der Waals surface area contributed by atoms with Gasteiger partial charge in [-0.25, -0.2) is 0 Å². The average molecular weight is 268 g/mol. The van der Waals surface area contributed by atoms with E-state index in [0.29, 0.717) is 11.6 Å². The normalized spacial score (nSPS) is 37.8. The Balaban J connectivity index is 1.98. The second-order valence-corrected chi connectivity index (χ2v) is 7.37. The van der Waals surface area contributed by atoms with E-state index in [1.54, 1.807) is 0 Å². The van der Waals surface area contributed by atoms with Gasteiger partial charge in [-0.1, -0.05) is 39.5 Å². The molecular formula is C15H28N2S. The van der Waals surface area contributed by atoms with E-state index in [2.05, 4.69) is 33.0 Å². The van der Waals surface area contributed by atoms with Crippen molar-refractivity contribution in [1.82, 2.24) is 5.32 Å². The second kappa shape index (κ2) is 5.85. The van der Waals surface area contributed by atoms with E-state index in [1.165, 1.54) is 43.0 Å². The molecule has 2 aliphatic rings. The predicted molar refractivity (Wildman–Crippen MR) is 82.3 cm³/mol.